The van der Waals surface area contributed by atoms with Gasteiger partial charge in [0.25, 0.3) is 0 Å². The Morgan fingerprint density at radius 1 is 1.35 bits per heavy atom. The predicted molar refractivity (Wildman–Crippen MR) is 71.6 cm³/mol. The zero-order valence-electron chi connectivity index (χ0n) is 9.45. The Labute approximate surface area is 108 Å². The standard InChI is InChI=1S/C12H11ClN2OS/c1-7-11(9-3-5-10(13)6-4-9)15-12(17-7)14-8(2)16/h3-6H,1-2H3,(H,14,15,16). The topological polar surface area (TPSA) is 42.0 Å². The van der Waals surface area contributed by atoms with Gasteiger partial charge < -0.3 is 5.32 Å². The largest absolute Gasteiger partial charge is 0.302 e. The van der Waals surface area contributed by atoms with Crippen molar-refractivity contribution in [2.75, 3.05) is 5.32 Å². The number of thiazole rings is 1. The molecule has 1 amide bonds. The second-order valence-corrected chi connectivity index (χ2v) is 5.25. The van der Waals surface area contributed by atoms with Gasteiger partial charge in [-0.25, -0.2) is 4.98 Å². The van der Waals surface area contributed by atoms with E-state index >= 15 is 0 Å². The van der Waals surface area contributed by atoms with Crippen LogP contribution < -0.4 is 5.32 Å². The van der Waals surface area contributed by atoms with Gasteiger partial charge in [0.2, 0.25) is 5.91 Å². The molecular formula is C12H11ClN2OS. The molecule has 1 heterocycles. The third kappa shape index (κ3) is 2.84. The number of halogens is 1. The van der Waals surface area contributed by atoms with Gasteiger partial charge in [0.05, 0.1) is 5.69 Å². The van der Waals surface area contributed by atoms with E-state index in [0.29, 0.717) is 10.2 Å². The van der Waals surface area contributed by atoms with E-state index in [1.165, 1.54) is 18.3 Å². The van der Waals surface area contributed by atoms with Gasteiger partial charge in [-0.15, -0.1) is 11.3 Å². The minimum absolute atomic E-state index is 0.110. The normalized spacial score (nSPS) is 10.3. The molecule has 0 fully saturated rings. The van der Waals surface area contributed by atoms with Crippen LogP contribution in [0.2, 0.25) is 5.02 Å². The van der Waals surface area contributed by atoms with Crippen LogP contribution in [-0.2, 0) is 4.79 Å². The van der Waals surface area contributed by atoms with Crippen LogP contribution in [0.1, 0.15) is 11.8 Å². The predicted octanol–water partition coefficient (Wildman–Crippen LogP) is 3.73. The Hall–Kier alpha value is -1.39. The zero-order chi connectivity index (χ0) is 12.4. The van der Waals surface area contributed by atoms with Crippen molar-refractivity contribution in [2.45, 2.75) is 13.8 Å². The SMILES string of the molecule is CC(=O)Nc1nc(-c2ccc(Cl)cc2)c(C)s1. The first-order chi connectivity index (χ1) is 8.06. The lowest BCUT2D eigenvalue weighted by atomic mass is 10.1. The molecule has 5 heteroatoms. The van der Waals surface area contributed by atoms with E-state index in [-0.39, 0.29) is 5.91 Å². The first-order valence-electron chi connectivity index (χ1n) is 5.07. The lowest BCUT2D eigenvalue weighted by Crippen LogP contribution is -2.04. The highest BCUT2D eigenvalue weighted by Crippen LogP contribution is 2.30. The number of rotatable bonds is 2. The molecule has 0 aliphatic heterocycles. The molecule has 0 unspecified atom stereocenters. The number of nitrogens with zero attached hydrogens (tertiary/aromatic N) is 1. The van der Waals surface area contributed by atoms with E-state index in [4.69, 9.17) is 11.6 Å². The molecule has 0 saturated heterocycles. The molecule has 0 spiro atoms. The number of benzene rings is 1. The summed E-state index contributed by atoms with van der Waals surface area (Å²) in [5.41, 5.74) is 1.88. The fourth-order valence-corrected chi connectivity index (χ4v) is 2.48. The Kier molecular flexibility index (Phi) is 3.45. The van der Waals surface area contributed by atoms with Crippen LogP contribution in [0.4, 0.5) is 5.13 Å². The van der Waals surface area contributed by atoms with Gasteiger partial charge in [0.1, 0.15) is 0 Å². The average Bonchev–Trinajstić information content (AvgIpc) is 2.59. The Bertz CT molecular complexity index is 548. The van der Waals surface area contributed by atoms with Gasteiger partial charge in [-0.3, -0.25) is 4.79 Å². The molecule has 3 nitrogen and oxygen atoms in total. The second-order valence-electron chi connectivity index (χ2n) is 3.61. The van der Waals surface area contributed by atoms with E-state index in [2.05, 4.69) is 10.3 Å². The summed E-state index contributed by atoms with van der Waals surface area (Å²) in [4.78, 5) is 16.4. The van der Waals surface area contributed by atoms with E-state index in [0.717, 1.165) is 16.1 Å². The number of aryl methyl sites for hydroxylation is 1. The molecule has 2 aromatic rings. The highest BCUT2D eigenvalue weighted by Gasteiger charge is 2.10. The van der Waals surface area contributed by atoms with E-state index < -0.39 is 0 Å². The van der Waals surface area contributed by atoms with Crippen LogP contribution in [0.25, 0.3) is 11.3 Å². The molecule has 0 saturated carbocycles. The van der Waals surface area contributed by atoms with E-state index in [9.17, 15) is 4.79 Å². The van der Waals surface area contributed by atoms with E-state index in [1.807, 2.05) is 31.2 Å². The van der Waals surface area contributed by atoms with Crippen molar-refractivity contribution < 1.29 is 4.79 Å². The number of hydrogen-bond donors (Lipinski definition) is 1. The molecule has 0 bridgehead atoms. The van der Waals surface area contributed by atoms with Gasteiger partial charge >= 0.3 is 0 Å². The maximum Gasteiger partial charge on any atom is 0.223 e. The third-order valence-electron chi connectivity index (χ3n) is 2.20. The molecular weight excluding hydrogens is 256 g/mol. The van der Waals surface area contributed by atoms with Crippen LogP contribution in [0.3, 0.4) is 0 Å². The summed E-state index contributed by atoms with van der Waals surface area (Å²) >= 11 is 7.30. The summed E-state index contributed by atoms with van der Waals surface area (Å²) in [5, 5.41) is 4.01. The Morgan fingerprint density at radius 2 is 2.00 bits per heavy atom. The molecule has 88 valence electrons. The van der Waals surface area contributed by atoms with Crippen LogP contribution in [0.15, 0.2) is 24.3 Å². The minimum Gasteiger partial charge on any atom is -0.302 e. The molecule has 1 aromatic carbocycles. The summed E-state index contributed by atoms with van der Waals surface area (Å²) in [6.45, 7) is 3.45. The fourth-order valence-electron chi connectivity index (χ4n) is 1.48. The Balaban J connectivity index is 2.35. The van der Waals surface area contributed by atoms with E-state index in [1.54, 1.807) is 0 Å². The summed E-state index contributed by atoms with van der Waals surface area (Å²) < 4.78 is 0. The fraction of sp³-hybridized carbons (Fsp3) is 0.167. The number of carbonyl (C=O) groups excluding carboxylic acids is 1. The smallest absolute Gasteiger partial charge is 0.223 e. The van der Waals surface area contributed by atoms with Crippen LogP contribution in [0.5, 0.6) is 0 Å². The van der Waals surface area contributed by atoms with Gasteiger partial charge in [0, 0.05) is 22.4 Å². The van der Waals surface area contributed by atoms with Crippen molar-refractivity contribution in [1.29, 1.82) is 0 Å². The molecule has 0 radical (unpaired) electrons. The lowest BCUT2D eigenvalue weighted by Gasteiger charge is -1.98. The highest BCUT2D eigenvalue weighted by molar-refractivity contribution is 7.16. The maximum absolute atomic E-state index is 11.0. The monoisotopic (exact) mass is 266 g/mol. The van der Waals surface area contributed by atoms with Crippen LogP contribution >= 0.6 is 22.9 Å². The minimum atomic E-state index is -0.110. The molecule has 0 aliphatic rings. The number of anilines is 1. The highest BCUT2D eigenvalue weighted by atomic mass is 35.5. The molecule has 2 rings (SSSR count). The number of hydrogen-bond acceptors (Lipinski definition) is 3. The lowest BCUT2D eigenvalue weighted by molar-refractivity contribution is -0.114. The maximum atomic E-state index is 11.0. The van der Waals surface area contributed by atoms with Crippen molar-refractivity contribution in [3.05, 3.63) is 34.2 Å². The van der Waals surface area contributed by atoms with Crippen molar-refractivity contribution in [2.24, 2.45) is 0 Å². The van der Waals surface area contributed by atoms with Crippen molar-refractivity contribution in [3.8, 4) is 11.3 Å². The van der Waals surface area contributed by atoms with Gasteiger partial charge in [0.15, 0.2) is 5.13 Å². The molecule has 17 heavy (non-hydrogen) atoms. The first-order valence-corrected chi connectivity index (χ1v) is 6.26. The number of carbonyl (C=O) groups is 1. The van der Waals surface area contributed by atoms with Gasteiger partial charge in [-0.2, -0.15) is 0 Å². The zero-order valence-corrected chi connectivity index (χ0v) is 11.0. The van der Waals surface area contributed by atoms with Gasteiger partial charge in [-0.1, -0.05) is 23.7 Å². The summed E-state index contributed by atoms with van der Waals surface area (Å²) in [6, 6.07) is 7.49. The Morgan fingerprint density at radius 3 is 2.59 bits per heavy atom. The third-order valence-corrected chi connectivity index (χ3v) is 3.34. The van der Waals surface area contributed by atoms with Gasteiger partial charge in [-0.05, 0) is 19.1 Å². The van der Waals surface area contributed by atoms with Crippen molar-refractivity contribution >= 4 is 34.0 Å². The molecule has 1 N–H and O–H groups in total. The molecule has 1 aromatic heterocycles. The summed E-state index contributed by atoms with van der Waals surface area (Å²) in [6.07, 6.45) is 0. The van der Waals surface area contributed by atoms with Crippen molar-refractivity contribution in [3.63, 3.8) is 0 Å². The molecule has 0 aliphatic carbocycles. The number of aromatic nitrogens is 1. The summed E-state index contributed by atoms with van der Waals surface area (Å²) in [7, 11) is 0. The second kappa shape index (κ2) is 4.85. The summed E-state index contributed by atoms with van der Waals surface area (Å²) in [5.74, 6) is -0.110. The van der Waals surface area contributed by atoms with Crippen LogP contribution in [0, 0.1) is 6.92 Å². The van der Waals surface area contributed by atoms with Crippen molar-refractivity contribution in [1.82, 2.24) is 4.98 Å². The number of amides is 1. The average molecular weight is 267 g/mol. The molecule has 0 atom stereocenters. The quantitative estimate of drug-likeness (QED) is 0.900. The van der Waals surface area contributed by atoms with Crippen LogP contribution in [-0.4, -0.2) is 10.9 Å². The number of nitrogens with one attached hydrogen (secondary N) is 1. The first kappa shape index (κ1) is 12.1.